The van der Waals surface area contributed by atoms with Gasteiger partial charge in [-0.3, -0.25) is 13.9 Å². The van der Waals surface area contributed by atoms with Gasteiger partial charge in [-0.15, -0.1) is 0 Å². The van der Waals surface area contributed by atoms with Crippen LogP contribution in [0.5, 0.6) is 5.88 Å². The molecule has 1 N–H and O–H groups in total. The summed E-state index contributed by atoms with van der Waals surface area (Å²) in [5, 5.41) is 11.0. The molecule has 222 valence electrons. The molecule has 0 saturated carbocycles. The standard InChI is InChI=1S/C29H42N2O7S2/c1-5-7-9-11-13-15-19-30-25(32)21(26(33)31(29(30)36)20-16-14-12-10-8-6-2)17-18-22-39-23(27(34)37-3)24(40-22)28(35)38-4/h17,32H,5-16,19-20H2,1-4H3. The minimum absolute atomic E-state index is 0.0589. The molecule has 0 atom stereocenters. The number of thioether (sulfide) groups is 2. The Hall–Kier alpha value is -2.62. The van der Waals surface area contributed by atoms with Gasteiger partial charge in [0.15, 0.2) is 0 Å². The highest BCUT2D eigenvalue weighted by atomic mass is 32.2. The van der Waals surface area contributed by atoms with E-state index in [0.717, 1.165) is 87.7 Å². The van der Waals surface area contributed by atoms with Crippen molar-refractivity contribution in [1.29, 1.82) is 0 Å². The quantitative estimate of drug-likeness (QED) is 0.133. The number of aromatic nitrogens is 2. The first-order chi connectivity index (χ1) is 19.3. The van der Waals surface area contributed by atoms with Crippen molar-refractivity contribution in [2.75, 3.05) is 14.2 Å². The predicted molar refractivity (Wildman–Crippen MR) is 161 cm³/mol. The summed E-state index contributed by atoms with van der Waals surface area (Å²) >= 11 is 1.93. The normalized spacial score (nSPS) is 12.9. The van der Waals surface area contributed by atoms with E-state index in [9.17, 15) is 24.3 Å². The van der Waals surface area contributed by atoms with E-state index in [-0.39, 0.29) is 21.9 Å². The van der Waals surface area contributed by atoms with Crippen molar-refractivity contribution in [1.82, 2.24) is 9.13 Å². The molecule has 0 radical (unpaired) electrons. The molecule has 40 heavy (non-hydrogen) atoms. The third-order valence-corrected chi connectivity index (χ3v) is 8.96. The lowest BCUT2D eigenvalue weighted by molar-refractivity contribution is -0.138. The Labute approximate surface area is 244 Å². The summed E-state index contributed by atoms with van der Waals surface area (Å²) < 4.78 is 12.4. The van der Waals surface area contributed by atoms with Crippen molar-refractivity contribution < 1.29 is 24.2 Å². The van der Waals surface area contributed by atoms with Crippen LogP contribution in [-0.4, -0.2) is 40.4 Å². The number of ether oxygens (including phenoxy) is 2. The summed E-state index contributed by atoms with van der Waals surface area (Å²) in [6.07, 6.45) is 13.5. The van der Waals surface area contributed by atoms with Gasteiger partial charge in [-0.2, -0.15) is 0 Å². The molecule has 1 aromatic rings. The molecule has 0 amide bonds. The lowest BCUT2D eigenvalue weighted by Gasteiger charge is -2.14. The molecular formula is C29H42N2O7S2. The van der Waals surface area contributed by atoms with Gasteiger partial charge in [0.1, 0.15) is 15.4 Å². The summed E-state index contributed by atoms with van der Waals surface area (Å²) in [5.41, 5.74) is 1.76. The third-order valence-electron chi connectivity index (χ3n) is 6.58. The fourth-order valence-electron chi connectivity index (χ4n) is 4.28. The van der Waals surface area contributed by atoms with E-state index in [1.807, 2.05) is 0 Å². The van der Waals surface area contributed by atoms with Gasteiger partial charge in [0.2, 0.25) is 5.88 Å². The molecular weight excluding hydrogens is 552 g/mol. The summed E-state index contributed by atoms with van der Waals surface area (Å²) in [6.45, 7) is 4.87. The van der Waals surface area contributed by atoms with Crippen molar-refractivity contribution in [3.63, 3.8) is 0 Å². The second kappa shape index (κ2) is 17.9. The molecule has 11 heteroatoms. The number of nitrogens with zero attached hydrogens (tertiary/aromatic N) is 2. The first-order valence-corrected chi connectivity index (χ1v) is 15.7. The monoisotopic (exact) mass is 594 g/mol. The molecule has 0 fully saturated rings. The molecule has 1 aliphatic rings. The van der Waals surface area contributed by atoms with Crippen LogP contribution in [-0.2, 0) is 32.2 Å². The fourth-order valence-corrected chi connectivity index (χ4v) is 6.49. The van der Waals surface area contributed by atoms with Crippen molar-refractivity contribution >= 4 is 41.5 Å². The average Bonchev–Trinajstić information content (AvgIpc) is 3.39. The molecule has 1 aliphatic heterocycles. The van der Waals surface area contributed by atoms with Gasteiger partial charge in [-0.05, 0) is 12.8 Å². The van der Waals surface area contributed by atoms with E-state index >= 15 is 0 Å². The summed E-state index contributed by atoms with van der Waals surface area (Å²) in [6, 6.07) is 0. The van der Waals surface area contributed by atoms with Crippen LogP contribution in [0.3, 0.4) is 0 Å². The van der Waals surface area contributed by atoms with Crippen molar-refractivity contribution in [2.45, 2.75) is 104 Å². The highest BCUT2D eigenvalue weighted by Crippen LogP contribution is 2.49. The molecule has 0 aliphatic carbocycles. The zero-order chi connectivity index (χ0) is 29.5. The van der Waals surface area contributed by atoms with E-state index < -0.39 is 29.1 Å². The van der Waals surface area contributed by atoms with Gasteiger partial charge in [0.25, 0.3) is 5.56 Å². The lowest BCUT2D eigenvalue weighted by Crippen LogP contribution is -2.41. The molecule has 0 spiro atoms. The maximum absolute atomic E-state index is 13.4. The number of aromatic hydroxyl groups is 1. The number of unbranched alkanes of at least 4 members (excludes halogenated alkanes) is 10. The van der Waals surface area contributed by atoms with Gasteiger partial charge in [0.05, 0.1) is 18.5 Å². The largest absolute Gasteiger partial charge is 0.494 e. The van der Waals surface area contributed by atoms with E-state index in [0.29, 0.717) is 23.6 Å². The number of rotatable bonds is 17. The van der Waals surface area contributed by atoms with Crippen LogP contribution in [0.25, 0.3) is 6.08 Å². The van der Waals surface area contributed by atoms with Gasteiger partial charge in [-0.25, -0.2) is 14.4 Å². The Bertz CT molecular complexity index is 1210. The maximum atomic E-state index is 13.4. The summed E-state index contributed by atoms with van der Waals surface area (Å²) in [5.74, 6) is -1.78. The minimum Gasteiger partial charge on any atom is -0.494 e. The molecule has 0 saturated heterocycles. The Kier molecular flexibility index (Phi) is 15.1. The lowest BCUT2D eigenvalue weighted by atomic mass is 10.1. The highest BCUT2D eigenvalue weighted by Gasteiger charge is 2.32. The smallest absolute Gasteiger partial charge is 0.346 e. The van der Waals surface area contributed by atoms with Crippen LogP contribution in [0, 0.1) is 0 Å². The molecule has 1 aromatic heterocycles. The van der Waals surface area contributed by atoms with E-state index in [4.69, 9.17) is 9.47 Å². The Morgan fingerprint density at radius 3 is 1.70 bits per heavy atom. The van der Waals surface area contributed by atoms with E-state index in [2.05, 4.69) is 19.6 Å². The molecule has 0 aromatic carbocycles. The number of hydrogen-bond acceptors (Lipinski definition) is 9. The van der Waals surface area contributed by atoms with Gasteiger partial charge >= 0.3 is 17.6 Å². The summed E-state index contributed by atoms with van der Waals surface area (Å²) in [7, 11) is 2.43. The van der Waals surface area contributed by atoms with Crippen LogP contribution >= 0.6 is 23.5 Å². The topological polar surface area (TPSA) is 117 Å². The number of esters is 2. The molecule has 2 rings (SSSR count). The third kappa shape index (κ3) is 9.49. The number of carbonyl (C=O) groups excluding carboxylic acids is 2. The predicted octanol–water partition coefficient (Wildman–Crippen LogP) is 5.93. The van der Waals surface area contributed by atoms with Crippen LogP contribution in [0.15, 0.2) is 29.4 Å². The van der Waals surface area contributed by atoms with E-state index in [1.165, 1.54) is 29.4 Å². The van der Waals surface area contributed by atoms with Crippen LogP contribution in [0.1, 0.15) is 96.5 Å². The minimum atomic E-state index is -0.689. The number of carbonyl (C=O) groups is 2. The Balaban J connectivity index is 2.40. The van der Waals surface area contributed by atoms with Gasteiger partial charge in [-0.1, -0.05) is 107 Å². The first-order valence-electron chi connectivity index (χ1n) is 14.1. The Morgan fingerprint density at radius 1 is 0.775 bits per heavy atom. The van der Waals surface area contributed by atoms with Crippen molar-refractivity contribution in [3.05, 3.63) is 46.2 Å². The maximum Gasteiger partial charge on any atom is 0.346 e. The average molecular weight is 595 g/mol. The zero-order valence-electron chi connectivity index (χ0n) is 24.1. The molecule has 0 unspecified atom stereocenters. The molecule has 2 heterocycles. The van der Waals surface area contributed by atoms with Crippen LogP contribution in [0.2, 0.25) is 0 Å². The zero-order valence-corrected chi connectivity index (χ0v) is 25.7. The Morgan fingerprint density at radius 2 is 1.23 bits per heavy atom. The van der Waals surface area contributed by atoms with Crippen molar-refractivity contribution in [3.8, 4) is 5.88 Å². The summed E-state index contributed by atoms with van der Waals surface area (Å²) in [4.78, 5) is 51.1. The molecule has 9 nitrogen and oxygen atoms in total. The molecule has 0 bridgehead atoms. The van der Waals surface area contributed by atoms with E-state index in [1.54, 1.807) is 0 Å². The first kappa shape index (κ1) is 33.6. The fraction of sp³-hybridized carbons (Fsp3) is 0.621. The second-order valence-electron chi connectivity index (χ2n) is 9.59. The van der Waals surface area contributed by atoms with Crippen LogP contribution < -0.4 is 11.2 Å². The number of methoxy groups -OCH3 is 2. The number of hydrogen-bond donors (Lipinski definition) is 1. The second-order valence-corrected chi connectivity index (χ2v) is 11.9. The van der Waals surface area contributed by atoms with Crippen LogP contribution in [0.4, 0.5) is 0 Å². The SMILES string of the molecule is CCCCCCCCn1c(O)c(C=C=C2SC(C(=O)OC)=C(C(=O)OC)S2)c(=O)n(CCCCCCCC)c1=O. The van der Waals surface area contributed by atoms with Crippen molar-refractivity contribution in [2.24, 2.45) is 0 Å². The van der Waals surface area contributed by atoms with Gasteiger partial charge in [0, 0.05) is 19.2 Å². The highest BCUT2D eigenvalue weighted by molar-refractivity contribution is 8.29. The van der Waals surface area contributed by atoms with Gasteiger partial charge < -0.3 is 14.6 Å².